The fourth-order valence-corrected chi connectivity index (χ4v) is 7.75. The van der Waals surface area contributed by atoms with Gasteiger partial charge in [-0.25, -0.2) is 18.2 Å². The monoisotopic (exact) mass is 704 g/mol. The third-order valence-electron chi connectivity index (χ3n) is 7.94. The molecule has 3 aliphatic rings. The summed E-state index contributed by atoms with van der Waals surface area (Å²) in [6, 6.07) is 6.17. The molecule has 0 radical (unpaired) electrons. The van der Waals surface area contributed by atoms with Gasteiger partial charge in [-0.1, -0.05) is 26.0 Å². The van der Waals surface area contributed by atoms with E-state index in [-0.39, 0.29) is 37.2 Å². The van der Waals surface area contributed by atoms with Crippen LogP contribution in [0.15, 0.2) is 65.1 Å². The van der Waals surface area contributed by atoms with Crippen LogP contribution in [-0.2, 0) is 32.5 Å². The summed E-state index contributed by atoms with van der Waals surface area (Å²) >= 11 is 1.49. The van der Waals surface area contributed by atoms with Crippen molar-refractivity contribution in [1.82, 2.24) is 14.2 Å². The van der Waals surface area contributed by atoms with E-state index in [1.807, 2.05) is 12.3 Å². The number of sulfonamides is 1. The number of amides is 1. The Kier molecular flexibility index (Phi) is 9.00. The molecule has 0 saturated carbocycles. The van der Waals surface area contributed by atoms with Gasteiger partial charge in [-0.3, -0.25) is 4.90 Å². The van der Waals surface area contributed by atoms with Gasteiger partial charge in [-0.05, 0) is 55.2 Å². The van der Waals surface area contributed by atoms with Crippen LogP contribution in [0.3, 0.4) is 0 Å². The van der Waals surface area contributed by atoms with Crippen LogP contribution in [-0.4, -0.2) is 89.8 Å². The molecule has 48 heavy (non-hydrogen) atoms. The van der Waals surface area contributed by atoms with Gasteiger partial charge in [0.25, 0.3) is 0 Å². The number of fused-ring (bicyclic) bond motifs is 2. The molecule has 1 saturated heterocycles. The smallest absolute Gasteiger partial charge is 0.408 e. The number of carbonyl (C=O) groups is 1. The molecular formula is C33H39N3O10S2. The highest BCUT2D eigenvalue weighted by molar-refractivity contribution is 7.89. The third-order valence-corrected chi connectivity index (χ3v) is 10.5. The maximum Gasteiger partial charge on any atom is 0.408 e. The van der Waals surface area contributed by atoms with E-state index in [0.29, 0.717) is 26.3 Å². The predicted octanol–water partition coefficient (Wildman–Crippen LogP) is 4.24. The predicted molar refractivity (Wildman–Crippen MR) is 174 cm³/mol. The number of aromatic nitrogens is 1. The molecule has 4 heterocycles. The minimum atomic E-state index is -4.64. The molecule has 0 aliphatic carbocycles. The molecule has 6 rings (SSSR count). The topological polar surface area (TPSA) is 157 Å². The average molecular weight is 705 g/mol. The fourth-order valence-electron chi connectivity index (χ4n) is 5.66. The number of ether oxygens (including phenoxy) is 5. The van der Waals surface area contributed by atoms with E-state index in [1.165, 1.54) is 35.8 Å². The second-order valence-corrected chi connectivity index (χ2v) is 14.8. The normalized spacial score (nSPS) is 23.8. The molecule has 3 aliphatic heterocycles. The first-order valence-corrected chi connectivity index (χ1v) is 17.6. The van der Waals surface area contributed by atoms with E-state index in [0.717, 1.165) is 10.7 Å². The summed E-state index contributed by atoms with van der Waals surface area (Å²) in [6.45, 7) is 2.39. The molecule has 1 aromatic heterocycles. The van der Waals surface area contributed by atoms with Crippen molar-refractivity contribution < 1.29 is 51.2 Å². The average Bonchev–Trinajstić information content (AvgIpc) is 3.89. The Morgan fingerprint density at radius 3 is 2.69 bits per heavy atom. The summed E-state index contributed by atoms with van der Waals surface area (Å²) in [5, 5.41) is 25.7. The summed E-state index contributed by atoms with van der Waals surface area (Å²) < 4.78 is 85.0. The van der Waals surface area contributed by atoms with Gasteiger partial charge >= 0.3 is 6.09 Å². The third kappa shape index (κ3) is 7.39. The SMILES string of the molecule is [2H][C@@H](N(CC(C)C)S(=O)(=O)c1ccc2c(c1)OCO2)[C@@]([2H])(O)[C@]([2H])(Cc1ccc(OCc2csc(C)n2)cc1)N(C(=O)O)C1CO[C@@H]2OC=C[C@@H]12. The number of aryl methyl sites for hydroxylation is 1. The van der Waals surface area contributed by atoms with Gasteiger partial charge in [0.05, 0.1) is 55.3 Å². The standard InChI is InChI=1S/C33H39N3O10S2/c1-20(2)14-35(48(40,41)25-8-9-30-31(13-25)46-19-45-30)15-29(37)27(36(33(38)39)28-17-44-32-26(28)10-11-42-32)12-22-4-6-24(7-5-22)43-16-23-18-47-21(3)34-23/h4-11,13,18,20,26-29,32,37H,12,14-17,19H2,1-3H3,(H,38,39)/t26-,27-,28?,29+,32-/m0/s1/i15D,27D,29D/t15-,26+,27+,28?,29-,32+/m1. The second kappa shape index (κ2) is 14.3. The van der Waals surface area contributed by atoms with Crippen molar-refractivity contribution in [3.63, 3.8) is 0 Å². The van der Waals surface area contributed by atoms with Crippen molar-refractivity contribution in [2.75, 3.05) is 26.5 Å². The van der Waals surface area contributed by atoms with Gasteiger partial charge in [0, 0.05) is 25.9 Å². The van der Waals surface area contributed by atoms with E-state index in [2.05, 4.69) is 4.98 Å². The molecule has 15 heteroatoms. The fraction of sp³-hybridized carbons (Fsp3) is 0.455. The number of aliphatic hydroxyl groups is 1. The first-order valence-electron chi connectivity index (χ1n) is 16.8. The Labute approximate surface area is 287 Å². The maximum absolute atomic E-state index is 14.2. The molecule has 2 aromatic carbocycles. The van der Waals surface area contributed by atoms with Gasteiger partial charge in [-0.2, -0.15) is 4.31 Å². The van der Waals surface area contributed by atoms with Crippen LogP contribution in [0, 0.1) is 18.8 Å². The number of benzene rings is 2. The molecule has 1 amide bonds. The summed E-state index contributed by atoms with van der Waals surface area (Å²) in [5.41, 5.74) is 1.06. The number of hydrogen-bond acceptors (Lipinski definition) is 11. The van der Waals surface area contributed by atoms with Crippen molar-refractivity contribution in [1.29, 1.82) is 0 Å². The number of hydrogen-bond donors (Lipinski definition) is 2. The van der Waals surface area contributed by atoms with E-state index in [9.17, 15) is 27.5 Å². The molecule has 258 valence electrons. The summed E-state index contributed by atoms with van der Waals surface area (Å²) in [4.78, 5) is 17.9. The summed E-state index contributed by atoms with van der Waals surface area (Å²) in [7, 11) is -4.64. The number of nitrogens with zero attached hydrogens (tertiary/aromatic N) is 3. The van der Waals surface area contributed by atoms with Crippen LogP contribution in [0.25, 0.3) is 0 Å². The molecular weight excluding hydrogens is 663 g/mol. The van der Waals surface area contributed by atoms with Gasteiger partial charge < -0.3 is 33.9 Å². The number of thiazole rings is 1. The Hall–Kier alpha value is -3.89. The van der Waals surface area contributed by atoms with Crippen molar-refractivity contribution in [2.45, 2.75) is 63.1 Å². The molecule has 0 bridgehead atoms. The van der Waals surface area contributed by atoms with Crippen LogP contribution in [0.5, 0.6) is 17.2 Å². The van der Waals surface area contributed by atoms with Gasteiger partial charge in [0.15, 0.2) is 11.5 Å². The highest BCUT2D eigenvalue weighted by atomic mass is 32.2. The van der Waals surface area contributed by atoms with Crippen molar-refractivity contribution in [3.05, 3.63) is 76.4 Å². The van der Waals surface area contributed by atoms with Crippen molar-refractivity contribution in [2.24, 2.45) is 11.8 Å². The minimum Gasteiger partial charge on any atom is -0.487 e. The summed E-state index contributed by atoms with van der Waals surface area (Å²) in [6.07, 6.45) is -3.62. The van der Waals surface area contributed by atoms with Crippen molar-refractivity contribution in [3.8, 4) is 17.2 Å². The lowest BCUT2D eigenvalue weighted by Gasteiger charge is -2.39. The van der Waals surface area contributed by atoms with Gasteiger partial charge in [0.2, 0.25) is 23.1 Å². The zero-order valence-corrected chi connectivity index (χ0v) is 28.1. The van der Waals surface area contributed by atoms with Gasteiger partial charge in [0.1, 0.15) is 12.4 Å². The first-order chi connectivity index (χ1) is 24.1. The molecule has 2 N–H and O–H groups in total. The Morgan fingerprint density at radius 2 is 1.98 bits per heavy atom. The van der Waals surface area contributed by atoms with Crippen molar-refractivity contribution >= 4 is 27.5 Å². The highest BCUT2D eigenvalue weighted by Crippen LogP contribution is 2.36. The van der Waals surface area contributed by atoms with E-state index in [1.54, 1.807) is 44.2 Å². The largest absolute Gasteiger partial charge is 0.487 e. The lowest BCUT2D eigenvalue weighted by atomic mass is 9.94. The minimum absolute atomic E-state index is 0.111. The Bertz CT molecular complexity index is 1880. The molecule has 13 nitrogen and oxygen atoms in total. The van der Waals surface area contributed by atoms with E-state index >= 15 is 0 Å². The lowest BCUT2D eigenvalue weighted by molar-refractivity contribution is -0.0690. The molecule has 1 unspecified atom stereocenters. The lowest BCUT2D eigenvalue weighted by Crippen LogP contribution is -2.57. The molecule has 1 fully saturated rings. The van der Waals surface area contributed by atoms with E-state index < -0.39 is 65.3 Å². The van der Waals surface area contributed by atoms with Crippen LogP contribution >= 0.6 is 11.3 Å². The van der Waals surface area contributed by atoms with Crippen LogP contribution in [0.1, 0.15) is 34.2 Å². The Morgan fingerprint density at radius 1 is 1.21 bits per heavy atom. The zero-order valence-electron chi connectivity index (χ0n) is 29.5. The zero-order chi connectivity index (χ0) is 36.7. The Balaban J connectivity index is 1.38. The summed E-state index contributed by atoms with van der Waals surface area (Å²) in [5.74, 6) is -0.166. The number of carboxylic acid groups (broad SMARTS) is 1. The molecule has 0 spiro atoms. The first kappa shape index (κ1) is 30.2. The highest BCUT2D eigenvalue weighted by Gasteiger charge is 2.48. The van der Waals surface area contributed by atoms with Crippen LogP contribution in [0.2, 0.25) is 0 Å². The van der Waals surface area contributed by atoms with E-state index in [4.69, 9.17) is 23.7 Å². The number of rotatable bonds is 14. The second-order valence-electron chi connectivity index (χ2n) is 11.9. The van der Waals surface area contributed by atoms with Crippen LogP contribution in [0.4, 0.5) is 4.79 Å². The molecule has 6 atom stereocenters. The van der Waals surface area contributed by atoms with Crippen LogP contribution < -0.4 is 14.2 Å². The quantitative estimate of drug-likeness (QED) is 0.247. The maximum atomic E-state index is 14.2. The van der Waals surface area contributed by atoms with Gasteiger partial charge in [-0.15, -0.1) is 11.3 Å². The molecule has 3 aromatic rings.